The highest BCUT2D eigenvalue weighted by atomic mass is 16.5. The molecule has 1 fully saturated rings. The molecule has 2 rings (SSSR count). The maximum absolute atomic E-state index is 5.67. The highest BCUT2D eigenvalue weighted by Crippen LogP contribution is 2.18. The molecule has 0 bridgehead atoms. The molecule has 1 aromatic heterocycles. The fourth-order valence-electron chi connectivity index (χ4n) is 1.12. The summed E-state index contributed by atoms with van der Waals surface area (Å²) >= 11 is 0. The third-order valence-corrected chi connectivity index (χ3v) is 2.20. The van der Waals surface area contributed by atoms with E-state index in [0.717, 1.165) is 11.3 Å². The topological polar surface area (TPSA) is 76.4 Å². The molecule has 0 aromatic carbocycles. The zero-order valence-electron chi connectivity index (χ0n) is 8.16. The Hall–Kier alpha value is -1.52. The lowest BCUT2D eigenvalue weighted by Crippen LogP contribution is -2.33. The number of nitrogens with zero attached hydrogens (tertiary/aromatic N) is 2. The van der Waals surface area contributed by atoms with Crippen molar-refractivity contribution in [3.8, 4) is 0 Å². The van der Waals surface area contributed by atoms with Gasteiger partial charge < -0.3 is 15.6 Å². The Labute approximate surface area is 82.4 Å². The zero-order chi connectivity index (χ0) is 9.97. The molecule has 1 aromatic rings. The molecule has 1 heterocycles. The van der Waals surface area contributed by atoms with Crippen LogP contribution in [0, 0.1) is 6.92 Å². The van der Waals surface area contributed by atoms with E-state index < -0.39 is 0 Å². The first-order chi connectivity index (χ1) is 6.75. The Morgan fingerprint density at radius 3 is 3.14 bits per heavy atom. The zero-order valence-corrected chi connectivity index (χ0v) is 8.16. The number of hydrogen-bond acceptors (Lipinski definition) is 3. The van der Waals surface area contributed by atoms with Gasteiger partial charge in [-0.1, -0.05) is 5.16 Å². The quantitative estimate of drug-likeness (QED) is 0.544. The van der Waals surface area contributed by atoms with Crippen molar-refractivity contribution in [2.75, 3.05) is 0 Å². The van der Waals surface area contributed by atoms with Gasteiger partial charge in [-0.15, -0.1) is 0 Å². The summed E-state index contributed by atoms with van der Waals surface area (Å²) in [5, 5.41) is 6.87. The maximum Gasteiger partial charge on any atom is 0.189 e. The number of aromatic nitrogens is 1. The lowest BCUT2D eigenvalue weighted by Gasteiger charge is -2.01. The van der Waals surface area contributed by atoms with Crippen LogP contribution in [0.3, 0.4) is 0 Å². The van der Waals surface area contributed by atoms with E-state index in [0.29, 0.717) is 18.5 Å². The molecule has 0 unspecified atom stereocenters. The van der Waals surface area contributed by atoms with E-state index in [1.165, 1.54) is 12.8 Å². The summed E-state index contributed by atoms with van der Waals surface area (Å²) in [5.41, 5.74) is 7.52. The summed E-state index contributed by atoms with van der Waals surface area (Å²) in [4.78, 5) is 4.19. The largest absolute Gasteiger partial charge is 0.370 e. The van der Waals surface area contributed by atoms with Crippen molar-refractivity contribution in [2.45, 2.75) is 32.4 Å². The van der Waals surface area contributed by atoms with Gasteiger partial charge >= 0.3 is 0 Å². The van der Waals surface area contributed by atoms with E-state index in [9.17, 15) is 0 Å². The van der Waals surface area contributed by atoms with E-state index in [1.54, 1.807) is 6.26 Å². The number of aliphatic imine (C=N–C) groups is 1. The summed E-state index contributed by atoms with van der Waals surface area (Å²) in [7, 11) is 0. The van der Waals surface area contributed by atoms with Crippen LogP contribution in [0.25, 0.3) is 0 Å². The Kier molecular flexibility index (Phi) is 2.39. The second kappa shape index (κ2) is 3.69. The first-order valence-corrected chi connectivity index (χ1v) is 4.72. The van der Waals surface area contributed by atoms with Gasteiger partial charge in [0.2, 0.25) is 0 Å². The van der Waals surface area contributed by atoms with Gasteiger partial charge in [0.15, 0.2) is 5.96 Å². The summed E-state index contributed by atoms with van der Waals surface area (Å²) < 4.78 is 4.79. The molecule has 1 aliphatic rings. The predicted octanol–water partition coefficient (Wildman–Crippen LogP) is 0.550. The first kappa shape index (κ1) is 9.05. The molecule has 0 radical (unpaired) electrons. The molecule has 0 amide bonds. The molecule has 0 aliphatic heterocycles. The minimum absolute atomic E-state index is 0.508. The number of guanidine groups is 1. The Morgan fingerprint density at radius 2 is 2.57 bits per heavy atom. The van der Waals surface area contributed by atoms with Crippen molar-refractivity contribution in [1.82, 2.24) is 10.5 Å². The van der Waals surface area contributed by atoms with E-state index >= 15 is 0 Å². The molecule has 0 saturated heterocycles. The van der Waals surface area contributed by atoms with Crippen LogP contribution in [0.2, 0.25) is 0 Å². The molecule has 3 N–H and O–H groups in total. The van der Waals surface area contributed by atoms with Crippen molar-refractivity contribution in [3.63, 3.8) is 0 Å². The lowest BCUT2D eigenvalue weighted by molar-refractivity contribution is 0.414. The van der Waals surface area contributed by atoms with E-state index in [4.69, 9.17) is 10.3 Å². The number of aryl methyl sites for hydroxylation is 1. The van der Waals surface area contributed by atoms with Gasteiger partial charge in [0.1, 0.15) is 6.26 Å². The molecule has 1 aliphatic carbocycles. The van der Waals surface area contributed by atoms with Crippen LogP contribution < -0.4 is 11.1 Å². The molecule has 0 spiro atoms. The van der Waals surface area contributed by atoms with Gasteiger partial charge in [0.05, 0.1) is 12.2 Å². The number of hydrogen-bond donors (Lipinski definition) is 2. The second-order valence-corrected chi connectivity index (χ2v) is 3.55. The lowest BCUT2D eigenvalue weighted by atomic mass is 10.3. The van der Waals surface area contributed by atoms with Gasteiger partial charge in [-0.05, 0) is 19.8 Å². The molecule has 76 valence electrons. The predicted molar refractivity (Wildman–Crippen MR) is 52.7 cm³/mol. The third-order valence-electron chi connectivity index (χ3n) is 2.20. The van der Waals surface area contributed by atoms with Crippen LogP contribution in [0.5, 0.6) is 0 Å². The summed E-state index contributed by atoms with van der Waals surface area (Å²) in [5.74, 6) is 0.508. The number of nitrogens with two attached hydrogens (primary N) is 1. The Bertz CT molecular complexity index is 340. The smallest absolute Gasteiger partial charge is 0.189 e. The molecular weight excluding hydrogens is 180 g/mol. The molecular formula is C9H14N4O. The fraction of sp³-hybridized carbons (Fsp3) is 0.556. The number of rotatable bonds is 3. The van der Waals surface area contributed by atoms with E-state index in [-0.39, 0.29) is 0 Å². The first-order valence-electron chi connectivity index (χ1n) is 4.72. The van der Waals surface area contributed by atoms with Crippen LogP contribution in [0.15, 0.2) is 15.8 Å². The summed E-state index contributed by atoms with van der Waals surface area (Å²) in [6.45, 7) is 2.42. The summed E-state index contributed by atoms with van der Waals surface area (Å²) in [6.07, 6.45) is 3.99. The molecule has 5 nitrogen and oxygen atoms in total. The molecule has 14 heavy (non-hydrogen) atoms. The Balaban J connectivity index is 1.88. The van der Waals surface area contributed by atoms with Crippen molar-refractivity contribution in [1.29, 1.82) is 0 Å². The molecule has 0 atom stereocenters. The van der Waals surface area contributed by atoms with E-state index in [1.807, 2.05) is 6.92 Å². The fourth-order valence-corrected chi connectivity index (χ4v) is 1.12. The maximum atomic E-state index is 5.67. The average molecular weight is 194 g/mol. The minimum Gasteiger partial charge on any atom is -0.370 e. The second-order valence-electron chi connectivity index (χ2n) is 3.55. The van der Waals surface area contributed by atoms with Crippen LogP contribution in [-0.2, 0) is 6.54 Å². The van der Waals surface area contributed by atoms with Gasteiger partial charge in [0, 0.05) is 11.6 Å². The van der Waals surface area contributed by atoms with E-state index in [2.05, 4.69) is 15.5 Å². The number of nitrogens with one attached hydrogen (secondary N) is 1. The summed E-state index contributed by atoms with van der Waals surface area (Å²) in [6, 6.07) is 0.544. The minimum atomic E-state index is 0.508. The van der Waals surface area contributed by atoms with Gasteiger partial charge in [0.25, 0.3) is 0 Å². The monoisotopic (exact) mass is 194 g/mol. The standard InChI is InChI=1S/C9H14N4O/c1-6-7(5-14-13-6)4-11-9(10)12-8-2-3-8/h5,8H,2-4H2,1H3,(H3,10,11,12). The van der Waals surface area contributed by atoms with Crippen LogP contribution in [-0.4, -0.2) is 17.2 Å². The van der Waals surface area contributed by atoms with Crippen molar-refractivity contribution >= 4 is 5.96 Å². The highest BCUT2D eigenvalue weighted by molar-refractivity contribution is 5.78. The van der Waals surface area contributed by atoms with Gasteiger partial charge in [-0.2, -0.15) is 0 Å². The normalized spacial score (nSPS) is 17.1. The SMILES string of the molecule is Cc1nocc1CN=C(N)NC1CC1. The molecule has 1 saturated carbocycles. The van der Waals surface area contributed by atoms with Crippen molar-refractivity contribution in [3.05, 3.63) is 17.5 Å². The van der Waals surface area contributed by atoms with Crippen molar-refractivity contribution < 1.29 is 4.52 Å². The van der Waals surface area contributed by atoms with Gasteiger partial charge in [-0.25, -0.2) is 4.99 Å². The highest BCUT2D eigenvalue weighted by Gasteiger charge is 2.21. The van der Waals surface area contributed by atoms with Crippen LogP contribution in [0.4, 0.5) is 0 Å². The molecule has 5 heteroatoms. The van der Waals surface area contributed by atoms with Crippen LogP contribution >= 0.6 is 0 Å². The van der Waals surface area contributed by atoms with Crippen molar-refractivity contribution in [2.24, 2.45) is 10.7 Å². The van der Waals surface area contributed by atoms with Crippen LogP contribution in [0.1, 0.15) is 24.1 Å². The average Bonchev–Trinajstić information content (AvgIpc) is 2.86. The van der Waals surface area contributed by atoms with Gasteiger partial charge in [-0.3, -0.25) is 0 Å². The third kappa shape index (κ3) is 2.25. The Morgan fingerprint density at radius 1 is 1.79 bits per heavy atom.